The molecule has 0 bridgehead atoms. The van der Waals surface area contributed by atoms with Gasteiger partial charge in [-0.3, -0.25) is 4.79 Å². The van der Waals surface area contributed by atoms with Crippen LogP contribution in [-0.2, 0) is 4.79 Å². The summed E-state index contributed by atoms with van der Waals surface area (Å²) in [6.45, 7) is 6.33. The summed E-state index contributed by atoms with van der Waals surface area (Å²) in [5, 5.41) is 12.3. The van der Waals surface area contributed by atoms with Gasteiger partial charge < -0.3 is 15.2 Å². The number of nitrogens with zero attached hydrogens (tertiary/aromatic N) is 1. The number of hydrogen-bond acceptors (Lipinski definition) is 3. The second-order valence-corrected chi connectivity index (χ2v) is 4.27. The Morgan fingerprint density at radius 3 is 2.60 bits per heavy atom. The smallest absolute Gasteiger partial charge is 0.376 e. The fraction of sp³-hybridized carbons (Fsp3) is 0.900. The molecule has 1 aliphatic rings. The van der Waals surface area contributed by atoms with Crippen molar-refractivity contribution in [1.82, 2.24) is 10.1 Å². The summed E-state index contributed by atoms with van der Waals surface area (Å²) in [6.07, 6.45) is 2.69. The highest BCUT2D eigenvalue weighted by Crippen LogP contribution is 2.16. The molecule has 1 aliphatic heterocycles. The molecule has 1 rings (SSSR count). The topological polar surface area (TPSA) is 52.6 Å². The van der Waals surface area contributed by atoms with Crippen molar-refractivity contribution in [2.45, 2.75) is 33.0 Å². The summed E-state index contributed by atoms with van der Waals surface area (Å²) < 4.78 is 0. The van der Waals surface area contributed by atoms with Crippen LogP contribution >= 0.6 is 0 Å². The van der Waals surface area contributed by atoms with Gasteiger partial charge in [0, 0.05) is 13.0 Å². The Kier molecular flexibility index (Phi) is 5.12. The van der Waals surface area contributed by atoms with E-state index < -0.39 is 0 Å². The van der Waals surface area contributed by atoms with Gasteiger partial charge in [0.2, 0.25) is 5.91 Å². The Morgan fingerprint density at radius 1 is 1.53 bits per heavy atom. The van der Waals surface area contributed by atoms with Gasteiger partial charge in [0.25, 0.3) is 0 Å². The number of nitrogens with one attached hydrogen (secondary N) is 1. The molecule has 0 unspecified atom stereocenters. The minimum atomic E-state index is -0.337. The van der Waals surface area contributed by atoms with Gasteiger partial charge >= 0.3 is 7.05 Å². The number of carbonyl (C=O) groups excluding carboxylic acids is 1. The van der Waals surface area contributed by atoms with Crippen LogP contribution < -0.4 is 5.32 Å². The number of piperidine rings is 1. The van der Waals surface area contributed by atoms with E-state index in [0.717, 1.165) is 32.5 Å². The molecule has 2 N–H and O–H groups in total. The highest BCUT2D eigenvalue weighted by Gasteiger charge is 2.23. The Hall–Kier alpha value is -0.545. The minimum Gasteiger partial charge on any atom is -0.437 e. The second kappa shape index (κ2) is 6.13. The Balaban J connectivity index is 2.17. The zero-order chi connectivity index (χ0) is 11.3. The van der Waals surface area contributed by atoms with Crippen molar-refractivity contribution in [3.63, 3.8) is 0 Å². The first-order valence-corrected chi connectivity index (χ1v) is 5.82. The van der Waals surface area contributed by atoms with Crippen molar-refractivity contribution < 1.29 is 9.82 Å². The Labute approximate surface area is 92.2 Å². The molecule has 0 aromatic carbocycles. The van der Waals surface area contributed by atoms with Crippen LogP contribution in [0.2, 0.25) is 6.82 Å². The SMILES string of the molecule is CCC(=O)NCC1CCN(B(C)O)CC1. The molecular formula is C10H21BN2O2. The summed E-state index contributed by atoms with van der Waals surface area (Å²) in [5.74, 6) is 0.712. The summed E-state index contributed by atoms with van der Waals surface area (Å²) >= 11 is 0. The molecule has 1 saturated heterocycles. The van der Waals surface area contributed by atoms with E-state index in [2.05, 4.69) is 10.1 Å². The van der Waals surface area contributed by atoms with Crippen LogP contribution in [0.5, 0.6) is 0 Å². The lowest BCUT2D eigenvalue weighted by atomic mass is 9.81. The fourth-order valence-electron chi connectivity index (χ4n) is 1.91. The molecule has 15 heavy (non-hydrogen) atoms. The molecule has 1 amide bonds. The number of rotatable bonds is 4. The van der Waals surface area contributed by atoms with Crippen molar-refractivity contribution in [2.75, 3.05) is 19.6 Å². The average molecular weight is 212 g/mol. The minimum absolute atomic E-state index is 0.132. The molecule has 4 nitrogen and oxygen atoms in total. The molecule has 1 fully saturated rings. The van der Waals surface area contributed by atoms with Crippen LogP contribution in [0.4, 0.5) is 0 Å². The van der Waals surface area contributed by atoms with Crippen molar-refractivity contribution >= 4 is 13.0 Å². The molecule has 5 heteroatoms. The van der Waals surface area contributed by atoms with Crippen LogP contribution in [0, 0.1) is 5.92 Å². The first-order valence-electron chi connectivity index (χ1n) is 5.82. The summed E-state index contributed by atoms with van der Waals surface area (Å²) in [4.78, 5) is 13.1. The number of hydrogen-bond donors (Lipinski definition) is 2. The standard InChI is InChI=1S/C10H21BN2O2/c1-3-10(14)12-8-9-4-6-13(7-5-9)11(2)15/h9,15H,3-8H2,1-2H3,(H,12,14). The van der Waals surface area contributed by atoms with Crippen LogP contribution in [0.1, 0.15) is 26.2 Å². The predicted molar refractivity (Wildman–Crippen MR) is 61.4 cm³/mol. The van der Waals surface area contributed by atoms with E-state index in [0.29, 0.717) is 12.3 Å². The van der Waals surface area contributed by atoms with Crippen molar-refractivity contribution in [1.29, 1.82) is 0 Å². The zero-order valence-corrected chi connectivity index (χ0v) is 9.70. The van der Waals surface area contributed by atoms with Gasteiger partial charge in [-0.1, -0.05) is 6.92 Å². The van der Waals surface area contributed by atoms with Gasteiger partial charge in [0.1, 0.15) is 0 Å². The maximum absolute atomic E-state index is 11.1. The third-order valence-electron chi connectivity index (χ3n) is 3.09. The molecule has 1 heterocycles. The highest BCUT2D eigenvalue weighted by molar-refractivity contribution is 6.45. The van der Waals surface area contributed by atoms with Gasteiger partial charge in [-0.2, -0.15) is 0 Å². The predicted octanol–water partition coefficient (Wildman–Crippen LogP) is 0.335. The van der Waals surface area contributed by atoms with Crippen LogP contribution in [-0.4, -0.2) is 42.4 Å². The molecule has 86 valence electrons. The van der Waals surface area contributed by atoms with E-state index in [9.17, 15) is 9.82 Å². The third kappa shape index (κ3) is 4.22. The van der Waals surface area contributed by atoms with E-state index in [-0.39, 0.29) is 13.0 Å². The molecule has 0 radical (unpaired) electrons. The lowest BCUT2D eigenvalue weighted by molar-refractivity contribution is -0.121. The van der Waals surface area contributed by atoms with E-state index in [1.165, 1.54) is 0 Å². The van der Waals surface area contributed by atoms with Crippen molar-refractivity contribution in [3.8, 4) is 0 Å². The summed E-state index contributed by atoms with van der Waals surface area (Å²) in [5.41, 5.74) is 0. The quantitative estimate of drug-likeness (QED) is 0.660. The maximum atomic E-state index is 11.1. The van der Waals surface area contributed by atoms with Crippen LogP contribution in [0.25, 0.3) is 0 Å². The van der Waals surface area contributed by atoms with Gasteiger partial charge in [-0.05, 0) is 38.7 Å². The normalized spacial score (nSPS) is 18.9. The lowest BCUT2D eigenvalue weighted by Gasteiger charge is -2.32. The van der Waals surface area contributed by atoms with Crippen molar-refractivity contribution in [2.24, 2.45) is 5.92 Å². The van der Waals surface area contributed by atoms with Crippen LogP contribution in [0.15, 0.2) is 0 Å². The zero-order valence-electron chi connectivity index (χ0n) is 9.70. The van der Waals surface area contributed by atoms with Gasteiger partial charge in [0.15, 0.2) is 0 Å². The molecule has 0 atom stereocenters. The number of amides is 1. The van der Waals surface area contributed by atoms with Gasteiger partial charge in [0.05, 0.1) is 0 Å². The average Bonchev–Trinajstić information content (AvgIpc) is 2.26. The summed E-state index contributed by atoms with van der Waals surface area (Å²) in [7, 11) is -0.337. The fourth-order valence-corrected chi connectivity index (χ4v) is 1.91. The molecule has 0 saturated carbocycles. The Bertz CT molecular complexity index is 204. The van der Waals surface area contributed by atoms with Crippen molar-refractivity contribution in [3.05, 3.63) is 0 Å². The van der Waals surface area contributed by atoms with Gasteiger partial charge in [-0.15, -0.1) is 0 Å². The van der Waals surface area contributed by atoms with E-state index in [1.807, 2.05) is 6.92 Å². The monoisotopic (exact) mass is 212 g/mol. The van der Waals surface area contributed by atoms with E-state index >= 15 is 0 Å². The third-order valence-corrected chi connectivity index (χ3v) is 3.09. The second-order valence-electron chi connectivity index (χ2n) is 4.27. The first kappa shape index (κ1) is 12.5. The highest BCUT2D eigenvalue weighted by atomic mass is 16.2. The Morgan fingerprint density at radius 2 is 2.13 bits per heavy atom. The molecular weight excluding hydrogens is 191 g/mol. The van der Waals surface area contributed by atoms with Gasteiger partial charge in [-0.25, -0.2) is 0 Å². The lowest BCUT2D eigenvalue weighted by Crippen LogP contribution is -2.44. The molecule has 0 aliphatic carbocycles. The number of carbonyl (C=O) groups is 1. The summed E-state index contributed by atoms with van der Waals surface area (Å²) in [6, 6.07) is 0. The van der Waals surface area contributed by atoms with E-state index in [4.69, 9.17) is 0 Å². The van der Waals surface area contributed by atoms with Crippen LogP contribution in [0.3, 0.4) is 0 Å². The first-order chi connectivity index (χ1) is 7.13. The largest absolute Gasteiger partial charge is 0.437 e. The maximum Gasteiger partial charge on any atom is 0.376 e. The molecule has 0 spiro atoms. The van der Waals surface area contributed by atoms with E-state index in [1.54, 1.807) is 6.82 Å². The molecule has 0 aromatic rings. The molecule has 0 aromatic heterocycles.